The number of amides is 1. The van der Waals surface area contributed by atoms with Gasteiger partial charge in [0, 0.05) is 19.3 Å². The number of nitro groups is 1. The average molecular weight is 350 g/mol. The van der Waals surface area contributed by atoms with Crippen molar-refractivity contribution in [3.63, 3.8) is 0 Å². The summed E-state index contributed by atoms with van der Waals surface area (Å²) in [7, 11) is 3.01. The lowest BCUT2D eigenvalue weighted by Crippen LogP contribution is -2.22. The van der Waals surface area contributed by atoms with Crippen molar-refractivity contribution in [2.75, 3.05) is 17.7 Å². The third-order valence-corrected chi connectivity index (χ3v) is 3.16. The number of non-ortho nitro benzene ring substituents is 1. The largest absolute Gasteiger partial charge is 0.494 e. The summed E-state index contributed by atoms with van der Waals surface area (Å²) in [5.74, 6) is -0.455. The summed E-state index contributed by atoms with van der Waals surface area (Å²) in [6.07, 6.45) is 1.54. The van der Waals surface area contributed by atoms with Crippen molar-refractivity contribution in [3.8, 4) is 5.75 Å². The van der Waals surface area contributed by atoms with Gasteiger partial charge in [0.2, 0.25) is 0 Å². The van der Waals surface area contributed by atoms with Crippen LogP contribution in [0.2, 0.25) is 0 Å². The highest BCUT2D eigenvalue weighted by Gasteiger charge is 2.16. The highest BCUT2D eigenvalue weighted by molar-refractivity contribution is 7.80. The van der Waals surface area contributed by atoms with Crippen LogP contribution in [0.15, 0.2) is 24.4 Å². The molecule has 1 heterocycles. The van der Waals surface area contributed by atoms with Crippen molar-refractivity contribution in [2.45, 2.75) is 0 Å². The number of benzene rings is 1. The van der Waals surface area contributed by atoms with Crippen molar-refractivity contribution >= 4 is 40.3 Å². The number of carbonyl (C=O) groups excluding carboxylic acids is 1. The number of ether oxygens (including phenoxy) is 1. The van der Waals surface area contributed by atoms with Crippen LogP contribution in [0, 0.1) is 10.1 Å². The molecule has 0 aliphatic rings. The summed E-state index contributed by atoms with van der Waals surface area (Å²) < 4.78 is 6.52. The molecule has 10 nitrogen and oxygen atoms in total. The fraction of sp³-hybridized carbons (Fsp3) is 0.154. The van der Waals surface area contributed by atoms with Crippen LogP contribution in [-0.4, -0.2) is 32.8 Å². The predicted molar refractivity (Wildman–Crippen MR) is 91.2 cm³/mol. The smallest absolute Gasteiger partial charge is 0.273 e. The Morgan fingerprint density at radius 2 is 2.08 bits per heavy atom. The van der Waals surface area contributed by atoms with Gasteiger partial charge < -0.3 is 21.1 Å². The number of aryl methyl sites for hydroxylation is 1. The number of nitrogens with one attached hydrogen (secondary N) is 2. The molecule has 4 N–H and O–H groups in total. The molecular formula is C13H14N6O4S. The van der Waals surface area contributed by atoms with Crippen molar-refractivity contribution in [1.82, 2.24) is 9.78 Å². The Morgan fingerprint density at radius 1 is 1.42 bits per heavy atom. The number of hydrogen-bond donors (Lipinski definition) is 3. The summed E-state index contributed by atoms with van der Waals surface area (Å²) in [4.78, 5) is 21.6. The van der Waals surface area contributed by atoms with Gasteiger partial charge in [-0.25, -0.2) is 0 Å². The molecule has 0 unspecified atom stereocenters. The van der Waals surface area contributed by atoms with Gasteiger partial charge in [-0.1, -0.05) is 0 Å². The minimum absolute atomic E-state index is 0.0392. The van der Waals surface area contributed by atoms with Gasteiger partial charge in [0.05, 0.1) is 29.5 Å². The van der Waals surface area contributed by atoms with Crippen LogP contribution >= 0.6 is 12.2 Å². The third-order valence-electron chi connectivity index (χ3n) is 2.95. The summed E-state index contributed by atoms with van der Waals surface area (Å²) in [5.41, 5.74) is 5.93. The van der Waals surface area contributed by atoms with Gasteiger partial charge in [-0.15, -0.1) is 0 Å². The first-order chi connectivity index (χ1) is 11.3. The summed E-state index contributed by atoms with van der Waals surface area (Å²) >= 11 is 5.16. The number of aromatic nitrogens is 2. The van der Waals surface area contributed by atoms with E-state index >= 15 is 0 Å². The van der Waals surface area contributed by atoms with Crippen LogP contribution in [0.3, 0.4) is 0 Å². The zero-order valence-electron chi connectivity index (χ0n) is 12.8. The van der Waals surface area contributed by atoms with E-state index in [1.807, 2.05) is 0 Å². The van der Waals surface area contributed by atoms with Gasteiger partial charge >= 0.3 is 0 Å². The Bertz CT molecular complexity index is 819. The van der Waals surface area contributed by atoms with E-state index in [0.717, 1.165) is 0 Å². The molecule has 126 valence electrons. The van der Waals surface area contributed by atoms with Gasteiger partial charge in [0.15, 0.2) is 10.8 Å². The number of carbonyl (C=O) groups is 1. The van der Waals surface area contributed by atoms with Gasteiger partial charge in [0.1, 0.15) is 5.75 Å². The molecule has 2 aromatic rings. The van der Waals surface area contributed by atoms with E-state index in [1.54, 1.807) is 13.2 Å². The van der Waals surface area contributed by atoms with Gasteiger partial charge in [-0.05, 0) is 18.3 Å². The molecule has 24 heavy (non-hydrogen) atoms. The topological polar surface area (TPSA) is 137 Å². The van der Waals surface area contributed by atoms with Crippen molar-refractivity contribution < 1.29 is 14.5 Å². The molecule has 0 saturated carbocycles. The lowest BCUT2D eigenvalue weighted by Gasteiger charge is -2.12. The van der Waals surface area contributed by atoms with Crippen LogP contribution < -0.4 is 21.1 Å². The molecule has 0 aliphatic carbocycles. The zero-order valence-corrected chi connectivity index (χ0v) is 13.6. The maximum Gasteiger partial charge on any atom is 0.273 e. The number of nitrogens with two attached hydrogens (primary N) is 1. The summed E-state index contributed by atoms with van der Waals surface area (Å²) in [6, 6.07) is 4.04. The Kier molecular flexibility index (Phi) is 4.94. The van der Waals surface area contributed by atoms with Crippen LogP contribution in [-0.2, 0) is 7.05 Å². The second kappa shape index (κ2) is 6.91. The number of hydrogen-bond acceptors (Lipinski definition) is 6. The maximum atomic E-state index is 11.3. The summed E-state index contributed by atoms with van der Waals surface area (Å²) in [5, 5.41) is 20.5. The van der Waals surface area contributed by atoms with E-state index in [1.165, 1.54) is 30.0 Å². The average Bonchev–Trinajstić information content (AvgIpc) is 2.88. The van der Waals surface area contributed by atoms with Gasteiger partial charge in [-0.2, -0.15) is 5.10 Å². The van der Waals surface area contributed by atoms with Crippen molar-refractivity contribution in [1.29, 1.82) is 0 Å². The second-order valence-corrected chi connectivity index (χ2v) is 5.06. The SMILES string of the molecule is COc1cc([N+](=O)[O-])ccc1NC(=S)Nc1cn(C)nc1C(N)=O. The Labute approximate surface area is 141 Å². The Balaban J connectivity index is 2.18. The molecule has 0 atom stereocenters. The molecule has 0 spiro atoms. The van der Waals surface area contributed by atoms with E-state index in [9.17, 15) is 14.9 Å². The lowest BCUT2D eigenvalue weighted by atomic mass is 10.2. The molecule has 0 bridgehead atoms. The first-order valence-corrected chi connectivity index (χ1v) is 6.96. The Hall–Kier alpha value is -3.21. The standard InChI is InChI=1S/C13H14N6O4S/c1-18-6-9(11(17-18)12(14)20)16-13(24)15-8-4-3-7(19(21)22)5-10(8)23-2/h3-6H,1-2H3,(H2,14,20)(H2,15,16,24). The quantitative estimate of drug-likeness (QED) is 0.416. The molecule has 11 heteroatoms. The molecular weight excluding hydrogens is 336 g/mol. The minimum atomic E-state index is -0.700. The molecule has 0 aliphatic heterocycles. The fourth-order valence-corrected chi connectivity index (χ4v) is 2.15. The van der Waals surface area contributed by atoms with Crippen molar-refractivity contribution in [3.05, 3.63) is 40.2 Å². The molecule has 0 fully saturated rings. The number of thiocarbonyl (C=S) groups is 1. The van der Waals surface area contributed by atoms with Gasteiger partial charge in [-0.3, -0.25) is 19.6 Å². The molecule has 1 aromatic carbocycles. The fourth-order valence-electron chi connectivity index (χ4n) is 1.93. The summed E-state index contributed by atoms with van der Waals surface area (Å²) in [6.45, 7) is 0. The number of methoxy groups -OCH3 is 1. The predicted octanol–water partition coefficient (Wildman–Crippen LogP) is 1.24. The number of anilines is 2. The van der Waals surface area contributed by atoms with Crippen LogP contribution in [0.4, 0.5) is 17.1 Å². The van der Waals surface area contributed by atoms with Crippen LogP contribution in [0.5, 0.6) is 5.75 Å². The number of nitrogens with zero attached hydrogens (tertiary/aromatic N) is 3. The van der Waals surface area contributed by atoms with Crippen molar-refractivity contribution in [2.24, 2.45) is 12.8 Å². The van der Waals surface area contributed by atoms with E-state index in [-0.39, 0.29) is 22.2 Å². The van der Waals surface area contributed by atoms with E-state index in [0.29, 0.717) is 11.4 Å². The third kappa shape index (κ3) is 3.76. The molecule has 2 rings (SSSR count). The van der Waals surface area contributed by atoms with Crippen LogP contribution in [0.25, 0.3) is 0 Å². The number of primary amides is 1. The first kappa shape index (κ1) is 17.1. The number of rotatable bonds is 5. The second-order valence-electron chi connectivity index (χ2n) is 4.65. The lowest BCUT2D eigenvalue weighted by molar-refractivity contribution is -0.384. The molecule has 1 aromatic heterocycles. The molecule has 0 radical (unpaired) electrons. The normalized spacial score (nSPS) is 10.1. The highest BCUT2D eigenvalue weighted by atomic mass is 32.1. The Morgan fingerprint density at radius 3 is 2.67 bits per heavy atom. The maximum absolute atomic E-state index is 11.3. The zero-order chi connectivity index (χ0) is 17.9. The molecule has 1 amide bonds. The van der Waals surface area contributed by atoms with E-state index in [4.69, 9.17) is 22.7 Å². The molecule has 0 saturated heterocycles. The highest BCUT2D eigenvalue weighted by Crippen LogP contribution is 2.29. The van der Waals surface area contributed by atoms with Crippen LogP contribution in [0.1, 0.15) is 10.5 Å². The first-order valence-electron chi connectivity index (χ1n) is 6.55. The van der Waals surface area contributed by atoms with E-state index < -0.39 is 10.8 Å². The van der Waals surface area contributed by atoms with E-state index in [2.05, 4.69) is 15.7 Å². The monoisotopic (exact) mass is 350 g/mol. The van der Waals surface area contributed by atoms with Gasteiger partial charge in [0.25, 0.3) is 11.6 Å². The number of nitro benzene ring substituents is 1. The minimum Gasteiger partial charge on any atom is -0.494 e.